The van der Waals surface area contributed by atoms with Gasteiger partial charge in [0.2, 0.25) is 5.91 Å². The van der Waals surface area contributed by atoms with Gasteiger partial charge in [-0.05, 0) is 40.5 Å². The zero-order valence-electron chi connectivity index (χ0n) is 13.7. The van der Waals surface area contributed by atoms with Gasteiger partial charge in [-0.2, -0.15) is 0 Å². The standard InChI is InChI=1S/C15H32N2O2/c1-8-12(9-2)17(10-11-19-7)13(18)14(3,4)15(5,6)16/h12H,8-11,16H2,1-7H3. The van der Waals surface area contributed by atoms with E-state index >= 15 is 0 Å². The number of ether oxygens (including phenoxy) is 1. The van der Waals surface area contributed by atoms with E-state index in [1.165, 1.54) is 0 Å². The Bertz CT molecular complexity index is 278. The lowest BCUT2D eigenvalue weighted by Crippen LogP contribution is -2.58. The molecule has 0 atom stereocenters. The first-order valence-corrected chi connectivity index (χ1v) is 7.22. The first-order chi connectivity index (χ1) is 8.63. The Morgan fingerprint density at radius 1 is 1.21 bits per heavy atom. The van der Waals surface area contributed by atoms with Crippen molar-refractivity contribution in [1.29, 1.82) is 0 Å². The maximum absolute atomic E-state index is 12.9. The van der Waals surface area contributed by atoms with Crippen LogP contribution in [0.5, 0.6) is 0 Å². The second kappa shape index (κ2) is 7.25. The molecule has 0 radical (unpaired) electrons. The topological polar surface area (TPSA) is 55.6 Å². The van der Waals surface area contributed by atoms with E-state index in [2.05, 4.69) is 13.8 Å². The summed E-state index contributed by atoms with van der Waals surface area (Å²) in [7, 11) is 1.66. The molecule has 0 aliphatic rings. The Labute approximate surface area is 118 Å². The molecule has 0 aromatic heterocycles. The molecule has 0 spiro atoms. The first kappa shape index (κ1) is 18.4. The molecule has 0 aliphatic carbocycles. The molecule has 0 bridgehead atoms. The van der Waals surface area contributed by atoms with E-state index in [-0.39, 0.29) is 11.9 Å². The summed E-state index contributed by atoms with van der Waals surface area (Å²) in [5, 5.41) is 0. The van der Waals surface area contributed by atoms with Gasteiger partial charge in [-0.15, -0.1) is 0 Å². The molecule has 4 heteroatoms. The zero-order chi connectivity index (χ0) is 15.3. The molecule has 0 aliphatic heterocycles. The number of rotatable bonds is 8. The molecular weight excluding hydrogens is 240 g/mol. The highest BCUT2D eigenvalue weighted by atomic mass is 16.5. The summed E-state index contributed by atoms with van der Waals surface area (Å²) in [6.45, 7) is 13.1. The van der Waals surface area contributed by atoms with E-state index in [0.29, 0.717) is 13.2 Å². The summed E-state index contributed by atoms with van der Waals surface area (Å²) >= 11 is 0. The molecule has 0 saturated carbocycles. The van der Waals surface area contributed by atoms with Gasteiger partial charge in [0, 0.05) is 25.2 Å². The van der Waals surface area contributed by atoms with Crippen molar-refractivity contribution in [1.82, 2.24) is 4.90 Å². The summed E-state index contributed by atoms with van der Waals surface area (Å²) in [4.78, 5) is 14.8. The number of amides is 1. The van der Waals surface area contributed by atoms with Gasteiger partial charge < -0.3 is 15.4 Å². The second-order valence-corrected chi connectivity index (χ2v) is 6.31. The molecular formula is C15H32N2O2. The number of hydrogen-bond donors (Lipinski definition) is 1. The van der Waals surface area contributed by atoms with Crippen LogP contribution in [-0.2, 0) is 9.53 Å². The van der Waals surface area contributed by atoms with Crippen molar-refractivity contribution in [2.24, 2.45) is 11.1 Å². The minimum atomic E-state index is -0.594. The Morgan fingerprint density at radius 2 is 1.68 bits per heavy atom. The van der Waals surface area contributed by atoms with Crippen LogP contribution in [0.2, 0.25) is 0 Å². The molecule has 0 aromatic carbocycles. The number of carbonyl (C=O) groups is 1. The van der Waals surface area contributed by atoms with Gasteiger partial charge in [0.15, 0.2) is 0 Å². The average molecular weight is 272 g/mol. The van der Waals surface area contributed by atoms with Crippen LogP contribution in [0.25, 0.3) is 0 Å². The lowest BCUT2D eigenvalue weighted by Gasteiger charge is -2.43. The largest absolute Gasteiger partial charge is 0.383 e. The molecule has 19 heavy (non-hydrogen) atoms. The Morgan fingerprint density at radius 3 is 2.00 bits per heavy atom. The summed E-state index contributed by atoms with van der Waals surface area (Å²) in [6.07, 6.45) is 1.90. The summed E-state index contributed by atoms with van der Waals surface area (Å²) in [5.74, 6) is 0.116. The third-order valence-corrected chi connectivity index (χ3v) is 4.33. The lowest BCUT2D eigenvalue weighted by molar-refractivity contribution is -0.147. The SMILES string of the molecule is CCC(CC)N(CCOC)C(=O)C(C)(C)C(C)(C)N. The number of nitrogens with two attached hydrogens (primary N) is 1. The maximum Gasteiger partial charge on any atom is 0.230 e. The van der Waals surface area contributed by atoms with Gasteiger partial charge in [0.05, 0.1) is 12.0 Å². The summed E-state index contributed by atoms with van der Waals surface area (Å²) in [6, 6.07) is 0.254. The van der Waals surface area contributed by atoms with Crippen LogP contribution >= 0.6 is 0 Å². The van der Waals surface area contributed by atoms with Crippen LogP contribution in [-0.4, -0.2) is 42.6 Å². The fourth-order valence-electron chi connectivity index (χ4n) is 2.00. The van der Waals surface area contributed by atoms with Crippen molar-refractivity contribution in [2.45, 2.75) is 66.0 Å². The summed E-state index contributed by atoms with van der Waals surface area (Å²) in [5.41, 5.74) is 5.04. The van der Waals surface area contributed by atoms with E-state index in [9.17, 15) is 4.79 Å². The second-order valence-electron chi connectivity index (χ2n) is 6.31. The lowest BCUT2D eigenvalue weighted by atomic mass is 9.74. The Kier molecular flexibility index (Phi) is 7.01. The molecule has 114 valence electrons. The average Bonchev–Trinajstić information content (AvgIpc) is 2.32. The molecule has 0 unspecified atom stereocenters. The molecule has 0 saturated heterocycles. The first-order valence-electron chi connectivity index (χ1n) is 7.22. The monoisotopic (exact) mass is 272 g/mol. The van der Waals surface area contributed by atoms with Gasteiger partial charge in [0.25, 0.3) is 0 Å². The number of nitrogens with zero attached hydrogens (tertiary/aromatic N) is 1. The summed E-state index contributed by atoms with van der Waals surface area (Å²) < 4.78 is 5.13. The molecule has 0 fully saturated rings. The van der Waals surface area contributed by atoms with E-state index in [0.717, 1.165) is 12.8 Å². The molecule has 0 rings (SSSR count). The van der Waals surface area contributed by atoms with Crippen LogP contribution in [0.1, 0.15) is 54.4 Å². The highest BCUT2D eigenvalue weighted by Crippen LogP contribution is 2.32. The molecule has 0 heterocycles. The molecule has 2 N–H and O–H groups in total. The predicted molar refractivity (Wildman–Crippen MR) is 80.0 cm³/mol. The van der Waals surface area contributed by atoms with E-state index < -0.39 is 11.0 Å². The minimum absolute atomic E-state index is 0.116. The number of carbonyl (C=O) groups excluding carboxylic acids is 1. The van der Waals surface area contributed by atoms with Crippen LogP contribution in [0, 0.1) is 5.41 Å². The number of methoxy groups -OCH3 is 1. The highest BCUT2D eigenvalue weighted by molar-refractivity contribution is 5.83. The quantitative estimate of drug-likeness (QED) is 0.738. The molecule has 1 amide bonds. The van der Waals surface area contributed by atoms with Gasteiger partial charge in [0.1, 0.15) is 0 Å². The minimum Gasteiger partial charge on any atom is -0.383 e. The van der Waals surface area contributed by atoms with Crippen molar-refractivity contribution in [3.05, 3.63) is 0 Å². The van der Waals surface area contributed by atoms with Crippen molar-refractivity contribution in [3.8, 4) is 0 Å². The van der Waals surface area contributed by atoms with E-state index in [1.807, 2.05) is 32.6 Å². The van der Waals surface area contributed by atoms with Crippen LogP contribution < -0.4 is 5.73 Å². The van der Waals surface area contributed by atoms with Crippen molar-refractivity contribution < 1.29 is 9.53 Å². The van der Waals surface area contributed by atoms with Crippen LogP contribution in [0.3, 0.4) is 0 Å². The van der Waals surface area contributed by atoms with E-state index in [4.69, 9.17) is 10.5 Å². The number of hydrogen-bond acceptors (Lipinski definition) is 3. The molecule has 0 aromatic rings. The third-order valence-electron chi connectivity index (χ3n) is 4.33. The fourth-order valence-corrected chi connectivity index (χ4v) is 2.00. The van der Waals surface area contributed by atoms with E-state index in [1.54, 1.807) is 7.11 Å². The van der Waals surface area contributed by atoms with Crippen LogP contribution in [0.4, 0.5) is 0 Å². The predicted octanol–water partition coefficient (Wildman–Crippen LogP) is 2.41. The van der Waals surface area contributed by atoms with Gasteiger partial charge in [-0.1, -0.05) is 13.8 Å². The van der Waals surface area contributed by atoms with Gasteiger partial charge in [-0.3, -0.25) is 4.79 Å². The smallest absolute Gasteiger partial charge is 0.230 e. The van der Waals surface area contributed by atoms with Crippen molar-refractivity contribution in [3.63, 3.8) is 0 Å². The fraction of sp³-hybridized carbons (Fsp3) is 0.933. The Hall–Kier alpha value is -0.610. The Balaban J connectivity index is 5.20. The maximum atomic E-state index is 12.9. The normalized spacial score (nSPS) is 12.9. The van der Waals surface area contributed by atoms with Crippen molar-refractivity contribution in [2.75, 3.05) is 20.3 Å². The van der Waals surface area contributed by atoms with Gasteiger partial charge in [-0.25, -0.2) is 0 Å². The van der Waals surface area contributed by atoms with Gasteiger partial charge >= 0.3 is 0 Å². The zero-order valence-corrected chi connectivity index (χ0v) is 13.7. The van der Waals surface area contributed by atoms with Crippen molar-refractivity contribution >= 4 is 5.91 Å². The highest BCUT2D eigenvalue weighted by Gasteiger charge is 2.43. The van der Waals surface area contributed by atoms with Crippen LogP contribution in [0.15, 0.2) is 0 Å². The molecule has 4 nitrogen and oxygen atoms in total. The third kappa shape index (κ3) is 4.46.